The Morgan fingerprint density at radius 1 is 1.53 bits per heavy atom. The van der Waals surface area contributed by atoms with Crippen LogP contribution in [0.15, 0.2) is 4.79 Å². The third kappa shape index (κ3) is 3.18. The van der Waals surface area contributed by atoms with E-state index in [4.69, 9.17) is 0 Å². The van der Waals surface area contributed by atoms with Crippen LogP contribution in [0.3, 0.4) is 0 Å². The fourth-order valence-electron chi connectivity index (χ4n) is 1.63. The van der Waals surface area contributed by atoms with Gasteiger partial charge in [-0.25, -0.2) is 0 Å². The zero-order valence-corrected chi connectivity index (χ0v) is 10.1. The first-order valence-electron chi connectivity index (χ1n) is 5.59. The number of H-pyrrole nitrogens is 1. The maximum atomic E-state index is 11.3. The van der Waals surface area contributed by atoms with E-state index in [1.54, 1.807) is 0 Å². The minimum Gasteiger partial charge on any atom is -0.316 e. The lowest BCUT2D eigenvalue weighted by molar-refractivity contribution is 0.623. The van der Waals surface area contributed by atoms with E-state index in [0.717, 1.165) is 18.7 Å². The first-order chi connectivity index (χ1) is 7.15. The van der Waals surface area contributed by atoms with Gasteiger partial charge in [0.1, 0.15) is 0 Å². The minimum atomic E-state index is 0.0817. The van der Waals surface area contributed by atoms with Crippen molar-refractivity contribution in [2.45, 2.75) is 45.7 Å². The molecule has 3 nitrogen and oxygen atoms in total. The van der Waals surface area contributed by atoms with Gasteiger partial charge in [0.25, 0.3) is 0 Å². The molecule has 0 spiro atoms. The summed E-state index contributed by atoms with van der Waals surface area (Å²) in [4.78, 5) is 15.5. The van der Waals surface area contributed by atoms with Crippen LogP contribution >= 0.6 is 11.3 Å². The normalized spacial score (nSPS) is 16.2. The molecule has 1 heterocycles. The van der Waals surface area contributed by atoms with Gasteiger partial charge in [0, 0.05) is 23.2 Å². The molecule has 0 atom stereocenters. The number of nitrogens with one attached hydrogen (secondary N) is 2. The van der Waals surface area contributed by atoms with Crippen molar-refractivity contribution < 1.29 is 0 Å². The lowest BCUT2D eigenvalue weighted by Crippen LogP contribution is -2.15. The molecule has 2 N–H and O–H groups in total. The number of aromatic nitrogens is 1. The molecule has 1 aliphatic rings. The van der Waals surface area contributed by atoms with E-state index in [0.29, 0.717) is 12.0 Å². The third-order valence-corrected chi connectivity index (χ3v) is 3.47. The van der Waals surface area contributed by atoms with Gasteiger partial charge in [0.2, 0.25) is 0 Å². The van der Waals surface area contributed by atoms with Crippen LogP contribution in [-0.4, -0.2) is 11.0 Å². The van der Waals surface area contributed by atoms with Crippen LogP contribution in [0.25, 0.3) is 0 Å². The summed E-state index contributed by atoms with van der Waals surface area (Å²) in [5, 5.41) is 3.45. The van der Waals surface area contributed by atoms with Gasteiger partial charge < -0.3 is 10.3 Å². The summed E-state index contributed by atoms with van der Waals surface area (Å²) in [5.41, 5.74) is 1.13. The Morgan fingerprint density at radius 3 is 2.87 bits per heavy atom. The molecule has 1 saturated carbocycles. The fraction of sp³-hybridized carbons (Fsp3) is 0.727. The highest BCUT2D eigenvalue weighted by atomic mass is 32.1. The first-order valence-corrected chi connectivity index (χ1v) is 6.41. The summed E-state index contributed by atoms with van der Waals surface area (Å²) < 4.78 is 0. The van der Waals surface area contributed by atoms with Crippen LogP contribution in [0, 0.1) is 5.92 Å². The third-order valence-electron chi connectivity index (χ3n) is 2.55. The molecule has 1 aromatic rings. The van der Waals surface area contributed by atoms with E-state index in [1.807, 2.05) is 0 Å². The molecule has 0 aliphatic heterocycles. The van der Waals surface area contributed by atoms with E-state index in [-0.39, 0.29) is 4.87 Å². The number of thiazole rings is 1. The second kappa shape index (κ2) is 4.49. The molecule has 2 rings (SSSR count). The highest BCUT2D eigenvalue weighted by molar-refractivity contribution is 7.09. The largest absolute Gasteiger partial charge is 0.316 e. The number of hydrogen-bond acceptors (Lipinski definition) is 3. The molecule has 1 fully saturated rings. The van der Waals surface area contributed by atoms with Crippen molar-refractivity contribution in [3.05, 3.63) is 20.2 Å². The molecule has 0 aromatic carbocycles. The van der Waals surface area contributed by atoms with Gasteiger partial charge >= 0.3 is 4.87 Å². The summed E-state index contributed by atoms with van der Waals surface area (Å²) in [6.07, 6.45) is 3.55. The zero-order chi connectivity index (χ0) is 10.8. The lowest BCUT2D eigenvalue weighted by Gasteiger charge is -2.06. The van der Waals surface area contributed by atoms with Gasteiger partial charge in [-0.3, -0.25) is 4.79 Å². The minimum absolute atomic E-state index is 0.0817. The molecule has 1 aromatic heterocycles. The molecule has 0 bridgehead atoms. The fourth-order valence-corrected chi connectivity index (χ4v) is 2.44. The van der Waals surface area contributed by atoms with Crippen LogP contribution in [-0.2, 0) is 13.0 Å². The zero-order valence-electron chi connectivity index (χ0n) is 9.30. The first kappa shape index (κ1) is 10.9. The maximum absolute atomic E-state index is 11.3. The van der Waals surface area contributed by atoms with Crippen molar-refractivity contribution in [3.63, 3.8) is 0 Å². The molecule has 0 amide bonds. The highest BCUT2D eigenvalue weighted by Crippen LogP contribution is 2.21. The van der Waals surface area contributed by atoms with Crippen molar-refractivity contribution in [1.29, 1.82) is 0 Å². The van der Waals surface area contributed by atoms with E-state index in [1.165, 1.54) is 29.1 Å². The average Bonchev–Trinajstić information content (AvgIpc) is 2.89. The molecule has 84 valence electrons. The second-order valence-corrected chi connectivity index (χ2v) is 5.74. The topological polar surface area (TPSA) is 44.9 Å². The summed E-state index contributed by atoms with van der Waals surface area (Å²) in [6, 6.07) is 0.703. The summed E-state index contributed by atoms with van der Waals surface area (Å²) >= 11 is 1.35. The van der Waals surface area contributed by atoms with E-state index < -0.39 is 0 Å². The van der Waals surface area contributed by atoms with Crippen LogP contribution in [0.4, 0.5) is 0 Å². The Morgan fingerprint density at radius 2 is 2.27 bits per heavy atom. The molecule has 15 heavy (non-hydrogen) atoms. The van der Waals surface area contributed by atoms with Gasteiger partial charge in [-0.1, -0.05) is 25.2 Å². The van der Waals surface area contributed by atoms with Crippen LogP contribution in [0.2, 0.25) is 0 Å². The Bertz CT molecular complexity index is 376. The predicted octanol–water partition coefficient (Wildman–Crippen LogP) is 1.89. The van der Waals surface area contributed by atoms with Gasteiger partial charge in [-0.2, -0.15) is 0 Å². The number of rotatable bonds is 5. The van der Waals surface area contributed by atoms with Crippen molar-refractivity contribution in [1.82, 2.24) is 10.3 Å². The summed E-state index contributed by atoms with van der Waals surface area (Å²) in [5.74, 6) is 0.593. The smallest absolute Gasteiger partial charge is 0.304 e. The predicted molar refractivity (Wildman–Crippen MR) is 63.3 cm³/mol. The Kier molecular flexibility index (Phi) is 3.26. The van der Waals surface area contributed by atoms with Crippen LogP contribution in [0.1, 0.15) is 37.3 Å². The molecule has 0 saturated heterocycles. The van der Waals surface area contributed by atoms with E-state index >= 15 is 0 Å². The molecular formula is C11H18N2OS. The molecular weight excluding hydrogens is 208 g/mol. The standard InChI is InChI=1S/C11H18N2OS/c1-7(2)5-9-10(15-11(14)13-9)6-12-8-3-4-8/h7-8,12H,3-6H2,1-2H3,(H,13,14). The van der Waals surface area contributed by atoms with Crippen molar-refractivity contribution >= 4 is 11.3 Å². The monoisotopic (exact) mass is 226 g/mol. The number of aromatic amines is 1. The lowest BCUT2D eigenvalue weighted by atomic mass is 10.1. The Balaban J connectivity index is 2.02. The second-order valence-electron chi connectivity index (χ2n) is 4.67. The average molecular weight is 226 g/mol. The maximum Gasteiger partial charge on any atom is 0.304 e. The van der Waals surface area contributed by atoms with Crippen molar-refractivity contribution in [2.24, 2.45) is 5.92 Å². The van der Waals surface area contributed by atoms with Gasteiger partial charge in [-0.15, -0.1) is 0 Å². The Hall–Kier alpha value is -0.610. The number of hydrogen-bond donors (Lipinski definition) is 2. The highest BCUT2D eigenvalue weighted by Gasteiger charge is 2.21. The molecule has 4 heteroatoms. The van der Waals surface area contributed by atoms with E-state index in [2.05, 4.69) is 24.1 Å². The van der Waals surface area contributed by atoms with E-state index in [9.17, 15) is 4.79 Å². The van der Waals surface area contributed by atoms with Crippen molar-refractivity contribution in [3.8, 4) is 0 Å². The summed E-state index contributed by atoms with van der Waals surface area (Å²) in [6.45, 7) is 5.21. The van der Waals surface area contributed by atoms with Gasteiger partial charge in [0.05, 0.1) is 0 Å². The SMILES string of the molecule is CC(C)Cc1[nH]c(=O)sc1CNC1CC1. The van der Waals surface area contributed by atoms with Crippen LogP contribution in [0.5, 0.6) is 0 Å². The molecule has 0 unspecified atom stereocenters. The molecule has 0 radical (unpaired) electrons. The quantitative estimate of drug-likeness (QED) is 0.805. The van der Waals surface area contributed by atoms with Crippen molar-refractivity contribution in [2.75, 3.05) is 0 Å². The summed E-state index contributed by atoms with van der Waals surface area (Å²) in [7, 11) is 0. The van der Waals surface area contributed by atoms with Crippen LogP contribution < -0.4 is 10.2 Å². The Labute approximate surface area is 93.9 Å². The molecule has 1 aliphatic carbocycles. The van der Waals surface area contributed by atoms with Gasteiger partial charge in [-0.05, 0) is 25.2 Å². The van der Waals surface area contributed by atoms with Gasteiger partial charge in [0.15, 0.2) is 0 Å².